The first kappa shape index (κ1) is 15.5. The minimum Gasteiger partial charge on any atom is -0.455 e. The first-order valence-electron chi connectivity index (χ1n) is 6.38. The van der Waals surface area contributed by atoms with E-state index in [-0.39, 0.29) is 17.9 Å². The summed E-state index contributed by atoms with van der Waals surface area (Å²) in [4.78, 5) is 12.0. The third-order valence-corrected chi connectivity index (χ3v) is 4.06. The molecule has 0 bridgehead atoms. The molecule has 1 heterocycles. The number of hydrogen-bond acceptors (Lipinski definition) is 4. The topological polar surface area (TPSA) is 70.1 Å². The quantitative estimate of drug-likeness (QED) is 0.675. The lowest BCUT2D eigenvalue weighted by atomic mass is 10.2. The highest BCUT2D eigenvalue weighted by molar-refractivity contribution is 9.10. The van der Waals surface area contributed by atoms with Crippen LogP contribution < -0.4 is 5.73 Å². The number of aryl methyl sites for hydroxylation is 2. The number of nitrogens with two attached hydrogens (primary N) is 1. The predicted molar refractivity (Wildman–Crippen MR) is 80.3 cm³/mol. The van der Waals surface area contributed by atoms with Gasteiger partial charge >= 0.3 is 5.97 Å². The van der Waals surface area contributed by atoms with E-state index in [1.54, 1.807) is 4.68 Å². The summed E-state index contributed by atoms with van der Waals surface area (Å²) in [6.07, 6.45) is 0. The van der Waals surface area contributed by atoms with Crippen molar-refractivity contribution < 1.29 is 13.9 Å². The number of esters is 1. The molecule has 0 saturated heterocycles. The SMILES string of the molecule is CCn1nc(C)c(Br)c1COC(=O)c1cc(F)ccc1N. The first-order valence-corrected chi connectivity index (χ1v) is 7.17. The van der Waals surface area contributed by atoms with Crippen LogP contribution in [0.5, 0.6) is 0 Å². The molecule has 5 nitrogen and oxygen atoms in total. The molecule has 2 aromatic rings. The van der Waals surface area contributed by atoms with E-state index >= 15 is 0 Å². The smallest absolute Gasteiger partial charge is 0.340 e. The van der Waals surface area contributed by atoms with Gasteiger partial charge in [0.25, 0.3) is 0 Å². The Bertz CT molecular complexity index is 685. The standard InChI is InChI=1S/C14H15BrFN3O2/c1-3-19-12(13(15)8(2)18-19)7-21-14(20)10-6-9(16)4-5-11(10)17/h4-6H,3,7,17H2,1-2H3. The number of carbonyl (C=O) groups is 1. The Morgan fingerprint density at radius 2 is 2.24 bits per heavy atom. The van der Waals surface area contributed by atoms with Gasteiger partial charge in [-0.2, -0.15) is 5.10 Å². The van der Waals surface area contributed by atoms with Gasteiger partial charge in [0.2, 0.25) is 0 Å². The zero-order valence-corrected chi connectivity index (χ0v) is 13.3. The second kappa shape index (κ2) is 6.26. The van der Waals surface area contributed by atoms with Gasteiger partial charge < -0.3 is 10.5 Å². The lowest BCUT2D eigenvalue weighted by Gasteiger charge is -2.09. The molecule has 0 spiro atoms. The third kappa shape index (κ3) is 3.24. The lowest BCUT2D eigenvalue weighted by Crippen LogP contribution is -2.11. The highest BCUT2D eigenvalue weighted by atomic mass is 79.9. The molecule has 7 heteroatoms. The molecule has 0 amide bonds. The number of nitrogens with zero attached hydrogens (tertiary/aromatic N) is 2. The number of carbonyl (C=O) groups excluding carboxylic acids is 1. The Morgan fingerprint density at radius 1 is 1.52 bits per heavy atom. The Morgan fingerprint density at radius 3 is 2.90 bits per heavy atom. The van der Waals surface area contributed by atoms with Gasteiger partial charge in [-0.3, -0.25) is 4.68 Å². The van der Waals surface area contributed by atoms with Crippen molar-refractivity contribution in [3.63, 3.8) is 0 Å². The summed E-state index contributed by atoms with van der Waals surface area (Å²) in [6.45, 7) is 4.48. The van der Waals surface area contributed by atoms with Gasteiger partial charge in [0.15, 0.2) is 0 Å². The second-order valence-corrected chi connectivity index (χ2v) is 5.26. The van der Waals surface area contributed by atoms with Crippen LogP contribution in [0, 0.1) is 12.7 Å². The van der Waals surface area contributed by atoms with E-state index in [0.29, 0.717) is 6.54 Å². The van der Waals surface area contributed by atoms with Gasteiger partial charge in [0.1, 0.15) is 12.4 Å². The highest BCUT2D eigenvalue weighted by Crippen LogP contribution is 2.23. The number of aromatic nitrogens is 2. The molecule has 0 saturated carbocycles. The van der Waals surface area contributed by atoms with E-state index in [9.17, 15) is 9.18 Å². The zero-order chi connectivity index (χ0) is 15.6. The van der Waals surface area contributed by atoms with E-state index in [0.717, 1.165) is 21.9 Å². The summed E-state index contributed by atoms with van der Waals surface area (Å²) in [5.74, 6) is -1.20. The minimum atomic E-state index is -0.666. The summed E-state index contributed by atoms with van der Waals surface area (Å²) in [7, 11) is 0. The molecular formula is C14H15BrFN3O2. The van der Waals surface area contributed by atoms with Gasteiger partial charge in [-0.1, -0.05) is 0 Å². The summed E-state index contributed by atoms with van der Waals surface area (Å²) < 4.78 is 20.9. The summed E-state index contributed by atoms with van der Waals surface area (Å²) in [6, 6.07) is 3.59. The third-order valence-electron chi connectivity index (χ3n) is 3.03. The van der Waals surface area contributed by atoms with Gasteiger partial charge in [-0.05, 0) is 48.0 Å². The van der Waals surface area contributed by atoms with Crippen molar-refractivity contribution in [2.45, 2.75) is 27.0 Å². The maximum Gasteiger partial charge on any atom is 0.340 e. The van der Waals surface area contributed by atoms with E-state index in [1.807, 2.05) is 13.8 Å². The molecule has 2 N–H and O–H groups in total. The predicted octanol–water partition coefficient (Wildman–Crippen LogP) is 3.05. The fraction of sp³-hybridized carbons (Fsp3) is 0.286. The van der Waals surface area contributed by atoms with Crippen molar-refractivity contribution in [2.24, 2.45) is 0 Å². The van der Waals surface area contributed by atoms with Crippen LogP contribution in [0.1, 0.15) is 28.7 Å². The van der Waals surface area contributed by atoms with Gasteiger partial charge in [0.05, 0.1) is 21.4 Å². The number of rotatable bonds is 4. The molecule has 1 aromatic heterocycles. The highest BCUT2D eigenvalue weighted by Gasteiger charge is 2.17. The van der Waals surface area contributed by atoms with E-state index in [1.165, 1.54) is 12.1 Å². The Kier molecular flexibility index (Phi) is 4.62. The average Bonchev–Trinajstić information content (AvgIpc) is 2.74. The molecule has 0 atom stereocenters. The summed E-state index contributed by atoms with van der Waals surface area (Å²) in [5.41, 5.74) is 7.42. The monoisotopic (exact) mass is 355 g/mol. The van der Waals surface area contributed by atoms with Gasteiger partial charge in [-0.25, -0.2) is 9.18 Å². The second-order valence-electron chi connectivity index (χ2n) is 4.47. The first-order chi connectivity index (χ1) is 9.93. The number of nitrogen functional groups attached to an aromatic ring is 1. The van der Waals surface area contributed by atoms with Crippen molar-refractivity contribution in [1.29, 1.82) is 0 Å². The van der Waals surface area contributed by atoms with Crippen molar-refractivity contribution >= 4 is 27.6 Å². The molecule has 2 rings (SSSR count). The molecule has 1 aromatic carbocycles. The zero-order valence-electron chi connectivity index (χ0n) is 11.7. The maximum atomic E-state index is 13.2. The Balaban J connectivity index is 2.16. The minimum absolute atomic E-state index is 0.0189. The molecule has 0 aliphatic heterocycles. The molecule has 21 heavy (non-hydrogen) atoms. The molecule has 0 radical (unpaired) electrons. The van der Waals surface area contributed by atoms with Crippen LogP contribution in [0.3, 0.4) is 0 Å². The van der Waals surface area contributed by atoms with Crippen molar-refractivity contribution in [3.8, 4) is 0 Å². The van der Waals surface area contributed by atoms with Gasteiger partial charge in [0, 0.05) is 12.2 Å². The van der Waals surface area contributed by atoms with Crippen LogP contribution in [0.15, 0.2) is 22.7 Å². The lowest BCUT2D eigenvalue weighted by molar-refractivity contribution is 0.0462. The molecule has 0 fully saturated rings. The van der Waals surface area contributed by atoms with Crippen LogP contribution in [-0.2, 0) is 17.9 Å². The van der Waals surface area contributed by atoms with Crippen LogP contribution in [-0.4, -0.2) is 15.7 Å². The van der Waals surface area contributed by atoms with Gasteiger partial charge in [-0.15, -0.1) is 0 Å². The molecule has 0 aliphatic rings. The van der Waals surface area contributed by atoms with Crippen molar-refractivity contribution in [1.82, 2.24) is 9.78 Å². The van der Waals surface area contributed by atoms with E-state index < -0.39 is 11.8 Å². The molecule has 112 valence electrons. The maximum absolute atomic E-state index is 13.2. The van der Waals surface area contributed by atoms with E-state index in [4.69, 9.17) is 10.5 Å². The number of anilines is 1. The summed E-state index contributed by atoms with van der Waals surface area (Å²) in [5, 5.41) is 4.30. The number of ether oxygens (including phenoxy) is 1. The number of benzene rings is 1. The molecule has 0 unspecified atom stereocenters. The largest absolute Gasteiger partial charge is 0.455 e. The van der Waals surface area contributed by atoms with Crippen molar-refractivity contribution in [2.75, 3.05) is 5.73 Å². The van der Waals surface area contributed by atoms with Crippen LogP contribution in [0.25, 0.3) is 0 Å². The normalized spacial score (nSPS) is 10.7. The van der Waals surface area contributed by atoms with Crippen LogP contribution >= 0.6 is 15.9 Å². The van der Waals surface area contributed by atoms with Crippen molar-refractivity contribution in [3.05, 3.63) is 45.4 Å². The Hall–Kier alpha value is -1.89. The fourth-order valence-electron chi connectivity index (χ4n) is 1.92. The summed E-state index contributed by atoms with van der Waals surface area (Å²) >= 11 is 3.41. The fourth-order valence-corrected chi connectivity index (χ4v) is 2.32. The number of halogens is 2. The van der Waals surface area contributed by atoms with Crippen LogP contribution in [0.4, 0.5) is 10.1 Å². The van der Waals surface area contributed by atoms with E-state index in [2.05, 4.69) is 21.0 Å². The Labute approximate surface area is 130 Å². The number of hydrogen-bond donors (Lipinski definition) is 1. The van der Waals surface area contributed by atoms with Crippen LogP contribution in [0.2, 0.25) is 0 Å². The molecular weight excluding hydrogens is 341 g/mol. The molecule has 0 aliphatic carbocycles. The average molecular weight is 356 g/mol.